The summed E-state index contributed by atoms with van der Waals surface area (Å²) < 4.78 is 10.6. The van der Waals surface area contributed by atoms with E-state index in [-0.39, 0.29) is 6.10 Å². The number of nitrogens with zero attached hydrogens (tertiary/aromatic N) is 1. The first-order valence-electron chi connectivity index (χ1n) is 5.77. The highest BCUT2D eigenvalue weighted by Gasteiger charge is 2.19. The van der Waals surface area contributed by atoms with E-state index in [0.717, 1.165) is 32.5 Å². The van der Waals surface area contributed by atoms with E-state index >= 15 is 0 Å². The average Bonchev–Trinajstić information content (AvgIpc) is 2.43. The van der Waals surface area contributed by atoms with Crippen LogP contribution in [0.3, 0.4) is 0 Å². The monoisotopic (exact) mass is 217 g/mol. The van der Waals surface area contributed by atoms with Gasteiger partial charge in [0.15, 0.2) is 0 Å². The fourth-order valence-electron chi connectivity index (χ4n) is 1.93. The predicted molar refractivity (Wildman–Crippen MR) is 59.0 cm³/mol. The van der Waals surface area contributed by atoms with E-state index in [4.69, 9.17) is 9.47 Å². The van der Waals surface area contributed by atoms with E-state index in [9.17, 15) is 5.11 Å². The van der Waals surface area contributed by atoms with Crippen LogP contribution in [-0.2, 0) is 9.47 Å². The molecule has 1 rings (SSSR count). The summed E-state index contributed by atoms with van der Waals surface area (Å²) in [5.41, 5.74) is 0. The number of methoxy groups -OCH3 is 1. The van der Waals surface area contributed by atoms with Crippen LogP contribution >= 0.6 is 0 Å². The Hall–Kier alpha value is -0.160. The Balaban J connectivity index is 2.31. The van der Waals surface area contributed by atoms with E-state index in [2.05, 4.69) is 11.8 Å². The number of ether oxygens (including phenoxy) is 2. The first kappa shape index (κ1) is 12.9. The number of hydrogen-bond acceptors (Lipinski definition) is 4. The van der Waals surface area contributed by atoms with Gasteiger partial charge in [0.05, 0.1) is 18.8 Å². The van der Waals surface area contributed by atoms with Crippen LogP contribution in [0.2, 0.25) is 0 Å². The molecule has 0 amide bonds. The summed E-state index contributed by atoms with van der Waals surface area (Å²) in [7, 11) is 1.61. The lowest BCUT2D eigenvalue weighted by molar-refractivity contribution is 0.0214. The van der Waals surface area contributed by atoms with Crippen LogP contribution in [0.4, 0.5) is 0 Å². The molecule has 1 saturated heterocycles. The van der Waals surface area contributed by atoms with Gasteiger partial charge in [-0.05, 0) is 12.8 Å². The van der Waals surface area contributed by atoms with Crippen molar-refractivity contribution >= 4 is 0 Å². The molecule has 0 aliphatic carbocycles. The first-order chi connectivity index (χ1) is 7.26. The molecule has 0 bridgehead atoms. The molecule has 1 heterocycles. The maximum absolute atomic E-state index is 9.64. The predicted octanol–water partition coefficient (Wildman–Crippen LogP) is 0.495. The third kappa shape index (κ3) is 4.93. The van der Waals surface area contributed by atoms with Crippen LogP contribution in [-0.4, -0.2) is 62.2 Å². The van der Waals surface area contributed by atoms with E-state index in [1.54, 1.807) is 7.11 Å². The summed E-state index contributed by atoms with van der Waals surface area (Å²) in [6.45, 7) is 6.02. The van der Waals surface area contributed by atoms with Gasteiger partial charge in [-0.15, -0.1) is 0 Å². The summed E-state index contributed by atoms with van der Waals surface area (Å²) in [5.74, 6) is 0. The normalized spacial score (nSPS) is 26.2. The second-order valence-electron chi connectivity index (χ2n) is 4.12. The van der Waals surface area contributed by atoms with E-state index < -0.39 is 0 Å². The minimum atomic E-state index is -0.384. The van der Waals surface area contributed by atoms with Crippen molar-refractivity contribution in [1.29, 1.82) is 0 Å². The zero-order valence-corrected chi connectivity index (χ0v) is 9.82. The molecule has 0 aromatic carbocycles. The fourth-order valence-corrected chi connectivity index (χ4v) is 1.93. The molecule has 1 N–H and O–H groups in total. The van der Waals surface area contributed by atoms with Gasteiger partial charge in [-0.25, -0.2) is 0 Å². The van der Waals surface area contributed by atoms with Crippen molar-refractivity contribution in [2.75, 3.05) is 40.0 Å². The van der Waals surface area contributed by atoms with E-state index in [1.165, 1.54) is 0 Å². The van der Waals surface area contributed by atoms with Gasteiger partial charge in [0.25, 0.3) is 0 Å². The molecule has 0 aromatic heterocycles. The van der Waals surface area contributed by atoms with Gasteiger partial charge in [-0.1, -0.05) is 6.92 Å². The minimum Gasteiger partial charge on any atom is -0.389 e. The Bertz CT molecular complexity index is 166. The highest BCUT2D eigenvalue weighted by molar-refractivity contribution is 4.71. The van der Waals surface area contributed by atoms with Crippen LogP contribution in [0, 0.1) is 0 Å². The molecule has 1 aliphatic heterocycles. The molecule has 15 heavy (non-hydrogen) atoms. The van der Waals surface area contributed by atoms with Crippen molar-refractivity contribution in [1.82, 2.24) is 4.90 Å². The first-order valence-corrected chi connectivity index (χ1v) is 5.77. The molecule has 1 aliphatic rings. The largest absolute Gasteiger partial charge is 0.389 e. The molecule has 4 heteroatoms. The maximum atomic E-state index is 9.64. The Morgan fingerprint density at radius 3 is 3.07 bits per heavy atom. The molecule has 2 atom stereocenters. The Morgan fingerprint density at radius 1 is 1.60 bits per heavy atom. The smallest absolute Gasteiger partial charge is 0.0900 e. The molecule has 0 radical (unpaired) electrons. The SMILES string of the molecule is CCC1CN(CC(O)COC)CCCO1. The van der Waals surface area contributed by atoms with Crippen molar-refractivity contribution in [3.63, 3.8) is 0 Å². The Labute approximate surface area is 92.2 Å². The second kappa shape index (κ2) is 7.17. The highest BCUT2D eigenvalue weighted by atomic mass is 16.5. The van der Waals surface area contributed by atoms with Crippen molar-refractivity contribution in [2.45, 2.75) is 32.0 Å². The van der Waals surface area contributed by atoms with Gasteiger partial charge < -0.3 is 14.6 Å². The molecule has 90 valence electrons. The maximum Gasteiger partial charge on any atom is 0.0900 e. The zero-order chi connectivity index (χ0) is 11.1. The third-order valence-electron chi connectivity index (χ3n) is 2.72. The van der Waals surface area contributed by atoms with E-state index in [0.29, 0.717) is 19.3 Å². The summed E-state index contributed by atoms with van der Waals surface area (Å²) in [4.78, 5) is 2.27. The summed E-state index contributed by atoms with van der Waals surface area (Å²) in [5, 5.41) is 9.64. The van der Waals surface area contributed by atoms with Crippen molar-refractivity contribution in [3.05, 3.63) is 0 Å². The number of rotatable bonds is 5. The summed E-state index contributed by atoms with van der Waals surface area (Å²) in [6, 6.07) is 0. The lowest BCUT2D eigenvalue weighted by atomic mass is 10.2. The summed E-state index contributed by atoms with van der Waals surface area (Å²) >= 11 is 0. The number of hydrogen-bond donors (Lipinski definition) is 1. The lowest BCUT2D eigenvalue weighted by Gasteiger charge is -2.25. The molecule has 0 aromatic rings. The number of aliphatic hydroxyl groups excluding tert-OH is 1. The molecule has 4 nitrogen and oxygen atoms in total. The molecule has 1 fully saturated rings. The molecular weight excluding hydrogens is 194 g/mol. The quantitative estimate of drug-likeness (QED) is 0.728. The topological polar surface area (TPSA) is 41.9 Å². The molecule has 0 saturated carbocycles. The zero-order valence-electron chi connectivity index (χ0n) is 9.82. The Kier molecular flexibility index (Phi) is 6.17. The second-order valence-corrected chi connectivity index (χ2v) is 4.12. The number of β-amino-alcohol motifs (C(OH)–C–C–N with tert-alkyl or cyclic N) is 1. The van der Waals surface area contributed by atoms with E-state index in [1.807, 2.05) is 0 Å². The molecular formula is C11H23NO3. The number of aliphatic hydroxyl groups is 1. The minimum absolute atomic E-state index is 0.322. The molecule has 2 unspecified atom stereocenters. The van der Waals surface area contributed by atoms with Gasteiger partial charge in [-0.3, -0.25) is 4.90 Å². The van der Waals surface area contributed by atoms with Gasteiger partial charge in [-0.2, -0.15) is 0 Å². The van der Waals surface area contributed by atoms with Gasteiger partial charge in [0.2, 0.25) is 0 Å². The van der Waals surface area contributed by atoms with Crippen LogP contribution in [0.5, 0.6) is 0 Å². The average molecular weight is 217 g/mol. The molecule has 0 spiro atoms. The van der Waals surface area contributed by atoms with Crippen molar-refractivity contribution in [2.24, 2.45) is 0 Å². The standard InChI is InChI=1S/C11H23NO3/c1-3-11-8-12(5-4-6-15-11)7-10(13)9-14-2/h10-11,13H,3-9H2,1-2H3. The highest BCUT2D eigenvalue weighted by Crippen LogP contribution is 2.09. The van der Waals surface area contributed by atoms with Gasteiger partial charge in [0, 0.05) is 33.4 Å². The van der Waals surface area contributed by atoms with Crippen molar-refractivity contribution in [3.8, 4) is 0 Å². The third-order valence-corrected chi connectivity index (χ3v) is 2.72. The fraction of sp³-hybridized carbons (Fsp3) is 1.00. The summed E-state index contributed by atoms with van der Waals surface area (Å²) in [6.07, 6.45) is 2.03. The van der Waals surface area contributed by atoms with Crippen LogP contribution in [0.1, 0.15) is 19.8 Å². The van der Waals surface area contributed by atoms with Gasteiger partial charge in [0.1, 0.15) is 0 Å². The van der Waals surface area contributed by atoms with Crippen molar-refractivity contribution < 1.29 is 14.6 Å². The lowest BCUT2D eigenvalue weighted by Crippen LogP contribution is -2.38. The Morgan fingerprint density at radius 2 is 2.40 bits per heavy atom. The van der Waals surface area contributed by atoms with Crippen LogP contribution in [0.25, 0.3) is 0 Å². The van der Waals surface area contributed by atoms with Crippen LogP contribution in [0.15, 0.2) is 0 Å². The van der Waals surface area contributed by atoms with Gasteiger partial charge >= 0.3 is 0 Å². The van der Waals surface area contributed by atoms with Crippen LogP contribution < -0.4 is 0 Å².